The smallest absolute Gasteiger partial charge is 0.409 e. The van der Waals surface area contributed by atoms with Crippen molar-refractivity contribution in [2.24, 2.45) is 0 Å². The third-order valence-electron chi connectivity index (χ3n) is 3.73. The predicted molar refractivity (Wildman–Crippen MR) is 70.8 cm³/mol. The van der Waals surface area contributed by atoms with E-state index >= 15 is 0 Å². The minimum atomic E-state index is -0.273. The lowest BCUT2D eigenvalue weighted by Gasteiger charge is -2.36. The third kappa shape index (κ3) is 3.59. The molecule has 1 atom stereocenters. The molecule has 6 heteroatoms. The van der Waals surface area contributed by atoms with Gasteiger partial charge in [0.2, 0.25) is 5.91 Å². The van der Waals surface area contributed by atoms with Crippen LogP contribution in [0.1, 0.15) is 26.2 Å². The zero-order valence-corrected chi connectivity index (χ0v) is 11.6. The first-order chi connectivity index (χ1) is 9.22. The van der Waals surface area contributed by atoms with E-state index in [0.29, 0.717) is 32.8 Å². The first-order valence-corrected chi connectivity index (χ1v) is 7.16. The van der Waals surface area contributed by atoms with E-state index in [1.165, 1.54) is 0 Å². The van der Waals surface area contributed by atoms with Crippen LogP contribution < -0.4 is 5.32 Å². The second kappa shape index (κ2) is 6.75. The van der Waals surface area contributed by atoms with Crippen molar-refractivity contribution in [3.8, 4) is 0 Å². The number of ether oxygens (including phenoxy) is 1. The molecule has 0 radical (unpaired) electrons. The Hall–Kier alpha value is -1.30. The highest BCUT2D eigenvalue weighted by molar-refractivity contribution is 5.82. The average molecular weight is 269 g/mol. The number of piperazine rings is 1. The molecule has 2 aliphatic rings. The molecule has 2 fully saturated rings. The Bertz CT molecular complexity index is 321. The molecule has 108 valence electrons. The highest BCUT2D eigenvalue weighted by atomic mass is 16.6. The molecule has 2 saturated heterocycles. The number of piperidine rings is 1. The third-order valence-corrected chi connectivity index (χ3v) is 3.73. The molecule has 2 amide bonds. The molecule has 2 heterocycles. The van der Waals surface area contributed by atoms with Crippen LogP contribution in [0.2, 0.25) is 0 Å². The van der Waals surface area contributed by atoms with Gasteiger partial charge in [0.1, 0.15) is 0 Å². The maximum atomic E-state index is 12.3. The van der Waals surface area contributed by atoms with Crippen LogP contribution >= 0.6 is 0 Å². The van der Waals surface area contributed by atoms with Crippen molar-refractivity contribution in [2.75, 3.05) is 39.3 Å². The van der Waals surface area contributed by atoms with E-state index in [9.17, 15) is 9.59 Å². The molecule has 0 aliphatic carbocycles. The van der Waals surface area contributed by atoms with Gasteiger partial charge in [0.15, 0.2) is 0 Å². The van der Waals surface area contributed by atoms with Crippen molar-refractivity contribution in [1.82, 2.24) is 15.1 Å². The summed E-state index contributed by atoms with van der Waals surface area (Å²) in [5.41, 5.74) is 0. The Balaban J connectivity index is 1.79. The van der Waals surface area contributed by atoms with E-state index in [1.54, 1.807) is 11.8 Å². The highest BCUT2D eigenvalue weighted by Crippen LogP contribution is 2.12. The minimum Gasteiger partial charge on any atom is -0.450 e. The van der Waals surface area contributed by atoms with Crippen LogP contribution in [-0.4, -0.2) is 67.2 Å². The molecule has 0 unspecified atom stereocenters. The molecule has 0 aromatic rings. The molecule has 0 aromatic carbocycles. The summed E-state index contributed by atoms with van der Waals surface area (Å²) in [4.78, 5) is 27.4. The van der Waals surface area contributed by atoms with Gasteiger partial charge < -0.3 is 19.9 Å². The Morgan fingerprint density at radius 3 is 2.42 bits per heavy atom. The summed E-state index contributed by atoms with van der Waals surface area (Å²) in [7, 11) is 0. The first-order valence-electron chi connectivity index (χ1n) is 7.16. The fraction of sp³-hybridized carbons (Fsp3) is 0.846. The number of hydrogen-bond donors (Lipinski definition) is 1. The van der Waals surface area contributed by atoms with E-state index < -0.39 is 0 Å². The van der Waals surface area contributed by atoms with Crippen LogP contribution in [0.25, 0.3) is 0 Å². The number of nitrogens with zero attached hydrogens (tertiary/aromatic N) is 2. The molecule has 0 bridgehead atoms. The van der Waals surface area contributed by atoms with Crippen LogP contribution in [0.15, 0.2) is 0 Å². The largest absolute Gasteiger partial charge is 0.450 e. The monoisotopic (exact) mass is 269 g/mol. The summed E-state index contributed by atoms with van der Waals surface area (Å²) in [6.07, 6.45) is 2.93. The summed E-state index contributed by atoms with van der Waals surface area (Å²) in [5, 5.41) is 3.27. The van der Waals surface area contributed by atoms with Crippen LogP contribution in [0.3, 0.4) is 0 Å². The van der Waals surface area contributed by atoms with E-state index in [1.807, 2.05) is 4.90 Å². The zero-order chi connectivity index (χ0) is 13.7. The molecule has 0 saturated carbocycles. The predicted octanol–water partition coefficient (Wildman–Crippen LogP) is 0.429. The summed E-state index contributed by atoms with van der Waals surface area (Å²) in [6, 6.07) is -0.0251. The highest BCUT2D eigenvalue weighted by Gasteiger charge is 2.29. The van der Waals surface area contributed by atoms with Crippen molar-refractivity contribution in [3.05, 3.63) is 0 Å². The van der Waals surface area contributed by atoms with Crippen molar-refractivity contribution in [2.45, 2.75) is 32.2 Å². The number of nitrogens with one attached hydrogen (secondary N) is 1. The molecule has 1 N–H and O–H groups in total. The van der Waals surface area contributed by atoms with Gasteiger partial charge >= 0.3 is 6.09 Å². The standard InChI is InChI=1S/C13H23N3O3/c1-2-19-13(18)16-9-7-15(8-10-16)12(17)11-5-3-4-6-14-11/h11,14H,2-10H2,1H3/t11-/m1/s1. The van der Waals surface area contributed by atoms with Gasteiger partial charge in [-0.1, -0.05) is 6.42 Å². The number of rotatable bonds is 2. The lowest BCUT2D eigenvalue weighted by Crippen LogP contribution is -2.55. The van der Waals surface area contributed by atoms with Crippen LogP contribution in [0.5, 0.6) is 0 Å². The molecular weight excluding hydrogens is 246 g/mol. The summed E-state index contributed by atoms with van der Waals surface area (Å²) < 4.78 is 4.96. The average Bonchev–Trinajstić information content (AvgIpc) is 2.48. The van der Waals surface area contributed by atoms with Gasteiger partial charge in [-0.3, -0.25) is 4.79 Å². The number of carbonyl (C=O) groups is 2. The van der Waals surface area contributed by atoms with Gasteiger partial charge in [0, 0.05) is 26.2 Å². The van der Waals surface area contributed by atoms with Gasteiger partial charge in [-0.05, 0) is 26.3 Å². The van der Waals surface area contributed by atoms with Gasteiger partial charge in [0.05, 0.1) is 12.6 Å². The lowest BCUT2D eigenvalue weighted by atomic mass is 10.0. The fourth-order valence-corrected chi connectivity index (χ4v) is 2.61. The van der Waals surface area contributed by atoms with Crippen molar-refractivity contribution in [1.29, 1.82) is 0 Å². The SMILES string of the molecule is CCOC(=O)N1CCN(C(=O)[C@H]2CCCCN2)CC1. The van der Waals surface area contributed by atoms with Crippen LogP contribution in [-0.2, 0) is 9.53 Å². The molecule has 0 spiro atoms. The minimum absolute atomic E-state index is 0.0251. The summed E-state index contributed by atoms with van der Waals surface area (Å²) in [5.74, 6) is 0.184. The Labute approximate surface area is 114 Å². The van der Waals surface area contributed by atoms with E-state index in [4.69, 9.17) is 4.74 Å². The molecule has 2 rings (SSSR count). The van der Waals surface area contributed by atoms with Crippen LogP contribution in [0, 0.1) is 0 Å². The second-order valence-corrected chi connectivity index (χ2v) is 5.01. The Morgan fingerprint density at radius 1 is 1.16 bits per heavy atom. The molecule has 2 aliphatic heterocycles. The second-order valence-electron chi connectivity index (χ2n) is 5.01. The number of hydrogen-bond acceptors (Lipinski definition) is 4. The normalized spacial score (nSPS) is 24.2. The maximum Gasteiger partial charge on any atom is 0.409 e. The first kappa shape index (κ1) is 14.1. The lowest BCUT2D eigenvalue weighted by molar-refractivity contribution is -0.135. The molecule has 6 nitrogen and oxygen atoms in total. The van der Waals surface area contributed by atoms with Gasteiger partial charge in [0.25, 0.3) is 0 Å². The van der Waals surface area contributed by atoms with Gasteiger partial charge in [-0.15, -0.1) is 0 Å². The van der Waals surface area contributed by atoms with E-state index in [2.05, 4.69) is 5.32 Å². The van der Waals surface area contributed by atoms with Gasteiger partial charge in [-0.2, -0.15) is 0 Å². The number of amides is 2. The Kier molecular flexibility index (Phi) is 5.01. The molecule has 0 aromatic heterocycles. The summed E-state index contributed by atoms with van der Waals surface area (Å²) in [6.45, 7) is 5.47. The quantitative estimate of drug-likeness (QED) is 0.789. The number of carbonyl (C=O) groups excluding carboxylic acids is 2. The molecular formula is C13H23N3O3. The Morgan fingerprint density at radius 2 is 1.84 bits per heavy atom. The topological polar surface area (TPSA) is 61.9 Å². The molecule has 19 heavy (non-hydrogen) atoms. The maximum absolute atomic E-state index is 12.3. The van der Waals surface area contributed by atoms with E-state index in [-0.39, 0.29) is 18.0 Å². The fourth-order valence-electron chi connectivity index (χ4n) is 2.61. The van der Waals surface area contributed by atoms with Crippen LogP contribution in [0.4, 0.5) is 4.79 Å². The van der Waals surface area contributed by atoms with Crippen molar-refractivity contribution in [3.63, 3.8) is 0 Å². The zero-order valence-electron chi connectivity index (χ0n) is 11.6. The van der Waals surface area contributed by atoms with Crippen molar-refractivity contribution >= 4 is 12.0 Å². The van der Waals surface area contributed by atoms with E-state index in [0.717, 1.165) is 25.8 Å². The van der Waals surface area contributed by atoms with Gasteiger partial charge in [-0.25, -0.2) is 4.79 Å². The summed E-state index contributed by atoms with van der Waals surface area (Å²) >= 11 is 0. The van der Waals surface area contributed by atoms with Crippen molar-refractivity contribution < 1.29 is 14.3 Å².